The molecule has 0 radical (unpaired) electrons. The first-order valence-corrected chi connectivity index (χ1v) is 10.7. The van der Waals surface area contributed by atoms with Crippen LogP contribution in [0.1, 0.15) is 60.7 Å². The van der Waals surface area contributed by atoms with Crippen LogP contribution in [-0.4, -0.2) is 39.8 Å². The summed E-state index contributed by atoms with van der Waals surface area (Å²) in [6.45, 7) is 3.86. The lowest BCUT2D eigenvalue weighted by Crippen LogP contribution is -2.42. The lowest BCUT2D eigenvalue weighted by atomic mass is 9.85. The quantitative estimate of drug-likeness (QED) is 0.534. The molecule has 7 nitrogen and oxygen atoms in total. The van der Waals surface area contributed by atoms with Crippen LogP contribution in [-0.2, 0) is 16.0 Å². The van der Waals surface area contributed by atoms with Crippen LogP contribution in [0.15, 0.2) is 30.3 Å². The van der Waals surface area contributed by atoms with Gasteiger partial charge in [-0.2, -0.15) is 5.10 Å². The highest BCUT2D eigenvalue weighted by Gasteiger charge is 2.28. The molecule has 1 heterocycles. The van der Waals surface area contributed by atoms with E-state index in [4.69, 9.17) is 0 Å². The summed E-state index contributed by atoms with van der Waals surface area (Å²) >= 11 is 0. The molecule has 0 unspecified atom stereocenters. The van der Waals surface area contributed by atoms with Gasteiger partial charge in [-0.15, -0.1) is 0 Å². The molecule has 1 aromatic heterocycles. The lowest BCUT2D eigenvalue weighted by molar-refractivity contribution is -0.127. The molecule has 0 aliphatic heterocycles. The molecule has 1 aliphatic rings. The lowest BCUT2D eigenvalue weighted by Gasteiger charge is -2.29. The van der Waals surface area contributed by atoms with Gasteiger partial charge in [0.05, 0.1) is 18.3 Å². The van der Waals surface area contributed by atoms with Gasteiger partial charge in [0, 0.05) is 30.5 Å². The summed E-state index contributed by atoms with van der Waals surface area (Å²) in [6.07, 6.45) is 4.10. The van der Waals surface area contributed by atoms with Crippen LogP contribution in [0.3, 0.4) is 0 Å². The van der Waals surface area contributed by atoms with Crippen molar-refractivity contribution in [3.63, 3.8) is 0 Å². The van der Waals surface area contributed by atoms with Crippen LogP contribution in [0, 0.1) is 19.8 Å². The van der Waals surface area contributed by atoms with Gasteiger partial charge in [-0.3, -0.25) is 14.7 Å². The third-order valence-corrected chi connectivity index (χ3v) is 6.11. The standard InChI is InChI=1S/C23H32N4O3/c1-15-16(2)26-27-20(15)12-13-22(29)24-19-10-8-18(9-11-19)23(30)25-21(14-28)17-6-4-3-5-7-17/h3-7,18-19,21,28H,8-14H2,1-2H3,(H,24,29)(H,25,30)(H,26,27)/t18?,19?,21-/m0/s1. The van der Waals surface area contributed by atoms with Crippen LogP contribution >= 0.6 is 0 Å². The predicted octanol–water partition coefficient (Wildman–Crippen LogP) is 2.48. The first kappa shape index (κ1) is 22.0. The molecule has 1 aliphatic carbocycles. The van der Waals surface area contributed by atoms with Gasteiger partial charge < -0.3 is 15.7 Å². The molecule has 4 N–H and O–H groups in total. The molecule has 1 atom stereocenters. The van der Waals surface area contributed by atoms with E-state index in [-0.39, 0.29) is 36.4 Å². The van der Waals surface area contributed by atoms with Crippen LogP contribution in [0.2, 0.25) is 0 Å². The van der Waals surface area contributed by atoms with Gasteiger partial charge >= 0.3 is 0 Å². The van der Waals surface area contributed by atoms with E-state index in [0.29, 0.717) is 12.8 Å². The van der Waals surface area contributed by atoms with Crippen LogP contribution in [0.4, 0.5) is 0 Å². The second kappa shape index (κ2) is 10.4. The first-order chi connectivity index (χ1) is 14.5. The number of aromatic amines is 1. The van der Waals surface area contributed by atoms with Crippen molar-refractivity contribution >= 4 is 11.8 Å². The Hall–Kier alpha value is -2.67. The normalized spacial score (nSPS) is 19.8. The largest absolute Gasteiger partial charge is 0.394 e. The molecule has 2 amide bonds. The Labute approximate surface area is 177 Å². The van der Waals surface area contributed by atoms with E-state index in [2.05, 4.69) is 20.8 Å². The SMILES string of the molecule is Cc1[nH]nc(CCC(=O)NC2CCC(C(=O)N[C@@H](CO)c3ccccc3)CC2)c1C. The van der Waals surface area contributed by atoms with Crippen molar-refractivity contribution in [3.05, 3.63) is 52.8 Å². The number of aromatic nitrogens is 2. The first-order valence-electron chi connectivity index (χ1n) is 10.7. The molecule has 0 spiro atoms. The molecule has 30 heavy (non-hydrogen) atoms. The van der Waals surface area contributed by atoms with Crippen LogP contribution in [0.25, 0.3) is 0 Å². The number of H-pyrrole nitrogens is 1. The Morgan fingerprint density at radius 3 is 2.47 bits per heavy atom. The predicted molar refractivity (Wildman–Crippen MR) is 115 cm³/mol. The van der Waals surface area contributed by atoms with Gasteiger partial charge in [-0.1, -0.05) is 30.3 Å². The summed E-state index contributed by atoms with van der Waals surface area (Å²) in [7, 11) is 0. The second-order valence-corrected chi connectivity index (χ2v) is 8.19. The van der Waals surface area contributed by atoms with Crippen molar-refractivity contribution in [2.24, 2.45) is 5.92 Å². The number of rotatable bonds is 8. The number of nitrogens with one attached hydrogen (secondary N) is 3. The zero-order valence-electron chi connectivity index (χ0n) is 17.8. The average molecular weight is 413 g/mol. The Morgan fingerprint density at radius 1 is 1.17 bits per heavy atom. The monoisotopic (exact) mass is 412 g/mol. The number of amides is 2. The number of aliphatic hydroxyl groups is 1. The van der Waals surface area contributed by atoms with Crippen molar-refractivity contribution in [2.75, 3.05) is 6.61 Å². The number of carbonyl (C=O) groups is 2. The molecule has 3 rings (SSSR count). The Morgan fingerprint density at radius 2 is 1.87 bits per heavy atom. The van der Waals surface area contributed by atoms with Gasteiger partial charge in [0.2, 0.25) is 11.8 Å². The fraction of sp³-hybridized carbons (Fsp3) is 0.522. The van der Waals surface area contributed by atoms with E-state index in [1.807, 2.05) is 44.2 Å². The van der Waals surface area contributed by atoms with E-state index in [9.17, 15) is 14.7 Å². The number of hydrogen-bond donors (Lipinski definition) is 4. The van der Waals surface area contributed by atoms with Gasteiger partial charge in [0.15, 0.2) is 0 Å². The van der Waals surface area contributed by atoms with E-state index >= 15 is 0 Å². The highest BCUT2D eigenvalue weighted by molar-refractivity contribution is 5.79. The minimum absolute atomic E-state index is 0.0212. The molecule has 1 aromatic carbocycles. The molecule has 7 heteroatoms. The van der Waals surface area contributed by atoms with Crippen LogP contribution in [0.5, 0.6) is 0 Å². The maximum absolute atomic E-state index is 12.6. The second-order valence-electron chi connectivity index (χ2n) is 8.19. The number of hydrogen-bond acceptors (Lipinski definition) is 4. The Balaban J connectivity index is 1.41. The smallest absolute Gasteiger partial charge is 0.223 e. The summed E-state index contributed by atoms with van der Waals surface area (Å²) in [5, 5.41) is 22.9. The van der Waals surface area contributed by atoms with Gasteiger partial charge in [0.25, 0.3) is 0 Å². The summed E-state index contributed by atoms with van der Waals surface area (Å²) in [4.78, 5) is 24.9. The van der Waals surface area contributed by atoms with E-state index in [0.717, 1.165) is 48.2 Å². The maximum Gasteiger partial charge on any atom is 0.223 e. The number of benzene rings is 1. The summed E-state index contributed by atoms with van der Waals surface area (Å²) in [5.74, 6) is -0.0648. The number of aliphatic hydroxyl groups excluding tert-OH is 1. The molecular formula is C23H32N4O3. The Bertz CT molecular complexity index is 841. The molecule has 162 valence electrons. The molecular weight excluding hydrogens is 380 g/mol. The zero-order chi connectivity index (χ0) is 21.5. The van der Waals surface area contributed by atoms with E-state index < -0.39 is 0 Å². The van der Waals surface area contributed by atoms with Crippen molar-refractivity contribution in [2.45, 2.75) is 64.5 Å². The third-order valence-electron chi connectivity index (χ3n) is 6.11. The van der Waals surface area contributed by atoms with Crippen molar-refractivity contribution < 1.29 is 14.7 Å². The fourth-order valence-corrected chi connectivity index (χ4v) is 4.02. The summed E-state index contributed by atoms with van der Waals surface area (Å²) in [6, 6.07) is 9.24. The average Bonchev–Trinajstić information content (AvgIpc) is 3.09. The van der Waals surface area contributed by atoms with Crippen molar-refractivity contribution in [1.82, 2.24) is 20.8 Å². The van der Waals surface area contributed by atoms with E-state index in [1.165, 1.54) is 0 Å². The van der Waals surface area contributed by atoms with Crippen molar-refractivity contribution in [1.29, 1.82) is 0 Å². The third kappa shape index (κ3) is 5.69. The van der Waals surface area contributed by atoms with Gasteiger partial charge in [0.1, 0.15) is 0 Å². The highest BCUT2D eigenvalue weighted by atomic mass is 16.3. The summed E-state index contributed by atoms with van der Waals surface area (Å²) < 4.78 is 0. The zero-order valence-corrected chi connectivity index (χ0v) is 17.8. The topological polar surface area (TPSA) is 107 Å². The number of nitrogens with zero attached hydrogens (tertiary/aromatic N) is 1. The maximum atomic E-state index is 12.6. The molecule has 0 saturated heterocycles. The summed E-state index contributed by atoms with van der Waals surface area (Å²) in [5.41, 5.74) is 4.00. The van der Waals surface area contributed by atoms with Crippen molar-refractivity contribution in [3.8, 4) is 0 Å². The number of carbonyl (C=O) groups excluding carboxylic acids is 2. The molecule has 2 aromatic rings. The molecule has 1 fully saturated rings. The minimum Gasteiger partial charge on any atom is -0.394 e. The fourth-order valence-electron chi connectivity index (χ4n) is 4.02. The highest BCUT2D eigenvalue weighted by Crippen LogP contribution is 2.26. The van der Waals surface area contributed by atoms with Gasteiger partial charge in [-0.25, -0.2) is 0 Å². The van der Waals surface area contributed by atoms with Gasteiger partial charge in [-0.05, 0) is 50.7 Å². The van der Waals surface area contributed by atoms with E-state index in [1.54, 1.807) is 0 Å². The Kier molecular flexibility index (Phi) is 7.63. The molecule has 0 bridgehead atoms. The van der Waals surface area contributed by atoms with Crippen LogP contribution < -0.4 is 10.6 Å². The molecule has 1 saturated carbocycles. The minimum atomic E-state index is -0.384. The number of aryl methyl sites for hydroxylation is 2.